The van der Waals surface area contributed by atoms with E-state index in [-0.39, 0.29) is 75.8 Å². The van der Waals surface area contributed by atoms with E-state index in [2.05, 4.69) is 16.5 Å². The molecule has 2 aliphatic rings. The fraction of sp³-hybridized carbons (Fsp3) is 0.353. The maximum atomic E-state index is 16.4. The number of nitrogens with zero attached hydrogens (tertiary/aromatic N) is 8. The largest absolute Gasteiger partial charge is 0.365 e. The number of piperazine rings is 1. The summed E-state index contributed by atoms with van der Waals surface area (Å²) in [5, 5.41) is 0.204. The summed E-state index contributed by atoms with van der Waals surface area (Å²) < 4.78 is 33.4. The van der Waals surface area contributed by atoms with E-state index >= 15 is 8.78 Å². The van der Waals surface area contributed by atoms with E-state index in [9.17, 15) is 14.4 Å². The Hall–Kier alpha value is -5.20. The predicted octanol–water partition coefficient (Wildman–Crippen LogP) is 4.27. The molecule has 2 aliphatic heterocycles. The van der Waals surface area contributed by atoms with Crippen molar-refractivity contribution in [3.05, 3.63) is 77.0 Å². The highest BCUT2D eigenvalue weighted by molar-refractivity contribution is 6.00. The molecule has 0 radical (unpaired) electrons. The van der Waals surface area contributed by atoms with Crippen LogP contribution in [0.25, 0.3) is 28.0 Å². The number of rotatable bonds is 3. The fourth-order valence-corrected chi connectivity index (χ4v) is 6.52. The number of hydrogen-bond donors (Lipinski definition) is 0. The number of hydrogen-bond acceptors (Lipinski definition) is 8. The Kier molecular flexibility index (Phi) is 8.02. The molecule has 0 unspecified atom stereocenters. The quantitative estimate of drug-likeness (QED) is 0.305. The van der Waals surface area contributed by atoms with Gasteiger partial charge in [-0.25, -0.2) is 23.1 Å². The van der Waals surface area contributed by atoms with Crippen LogP contribution >= 0.6 is 0 Å². The van der Waals surface area contributed by atoms with E-state index in [0.29, 0.717) is 24.5 Å². The summed E-state index contributed by atoms with van der Waals surface area (Å²) >= 11 is 0. The number of pyridine rings is 2. The van der Waals surface area contributed by atoms with Crippen LogP contribution in [0, 0.1) is 11.6 Å². The van der Waals surface area contributed by atoms with Crippen molar-refractivity contribution >= 4 is 40.0 Å². The second-order valence-corrected chi connectivity index (χ2v) is 12.4. The van der Waals surface area contributed by atoms with Crippen molar-refractivity contribution in [3.63, 3.8) is 0 Å². The summed E-state index contributed by atoms with van der Waals surface area (Å²) in [6.07, 6.45) is 2.83. The molecule has 1 aromatic carbocycles. The Morgan fingerprint density at radius 1 is 1.02 bits per heavy atom. The Balaban J connectivity index is 1.74. The highest BCUT2D eigenvalue weighted by Crippen LogP contribution is 2.39. The van der Waals surface area contributed by atoms with Crippen LogP contribution in [0.5, 0.6) is 0 Å². The summed E-state index contributed by atoms with van der Waals surface area (Å²) in [6, 6.07) is 6.55. The Morgan fingerprint density at radius 3 is 2.47 bits per heavy atom. The number of benzene rings is 1. The van der Waals surface area contributed by atoms with Crippen LogP contribution in [0.2, 0.25) is 0 Å². The molecule has 0 aliphatic carbocycles. The Bertz CT molecular complexity index is 2010. The molecule has 4 aromatic rings. The van der Waals surface area contributed by atoms with Crippen LogP contribution in [0.1, 0.15) is 39.3 Å². The topological polar surface area (TPSA) is 108 Å². The van der Waals surface area contributed by atoms with Gasteiger partial charge >= 0.3 is 5.69 Å². The van der Waals surface area contributed by atoms with Crippen LogP contribution in [0.3, 0.4) is 0 Å². The van der Waals surface area contributed by atoms with E-state index in [1.54, 1.807) is 42.2 Å². The minimum Gasteiger partial charge on any atom is -0.365 e. The normalized spacial score (nSPS) is 18.3. The maximum Gasteiger partial charge on any atom is 0.355 e. The molecule has 2 atom stereocenters. The first-order valence-corrected chi connectivity index (χ1v) is 15.4. The van der Waals surface area contributed by atoms with Gasteiger partial charge in [0.25, 0.3) is 0 Å². The minimum atomic E-state index is -0.831. The molecule has 3 aromatic heterocycles. The van der Waals surface area contributed by atoms with Gasteiger partial charge in [-0.1, -0.05) is 26.5 Å². The zero-order chi connectivity index (χ0) is 33.9. The van der Waals surface area contributed by atoms with Crippen molar-refractivity contribution < 1.29 is 18.4 Å². The lowest BCUT2D eigenvalue weighted by Crippen LogP contribution is -2.58. The molecule has 5 heterocycles. The summed E-state index contributed by atoms with van der Waals surface area (Å²) in [6.45, 7) is 11.6. The molecule has 0 saturated carbocycles. The summed E-state index contributed by atoms with van der Waals surface area (Å²) in [4.78, 5) is 61.0. The molecule has 2 bridgehead atoms. The predicted molar refractivity (Wildman–Crippen MR) is 177 cm³/mol. The van der Waals surface area contributed by atoms with Crippen LogP contribution in [0.15, 0.2) is 54.0 Å². The number of carbonyl (C=O) groups excluding carboxylic acids is 2. The SMILES string of the molecule is C=CC(=O)N1C[C@H](C)N(c2nc(=O)n3c4nc(c(F)cc24)-c2c(F)cccc2N(C)CC(=O)N(C)c2ccnc(C(C)C)c2-3)C[C@H]1C. The lowest BCUT2D eigenvalue weighted by Gasteiger charge is -2.44. The molecule has 244 valence electrons. The van der Waals surface area contributed by atoms with Crippen LogP contribution in [-0.2, 0) is 9.59 Å². The number of halogens is 2. The van der Waals surface area contributed by atoms with Gasteiger partial charge in [-0.05, 0) is 50.1 Å². The standard InChI is InChI=1S/C34H36F2N8O3/c1-8-26(45)42-15-20(5)43(16-19(42)4)32-21-14-23(36)30-28-22(35)10-9-11-24(28)40(6)17-27(46)41(7)25-12-13-37-29(18(2)3)31(25)44(33(21)38-30)34(47)39-32/h8-14,18-20H,1,15-17H2,2-7H3/t19-,20+/m1/s1. The molecule has 1 saturated heterocycles. The number of amides is 2. The lowest BCUT2D eigenvalue weighted by atomic mass is 10.0. The minimum absolute atomic E-state index is 0.0234. The summed E-state index contributed by atoms with van der Waals surface area (Å²) in [5.74, 6) is -2.17. The number of fused-ring (bicyclic) bond motifs is 5. The smallest absolute Gasteiger partial charge is 0.355 e. The van der Waals surface area contributed by atoms with E-state index in [1.165, 1.54) is 33.7 Å². The molecule has 2 amide bonds. The average Bonchev–Trinajstić information content (AvgIpc) is 3.03. The number of aromatic nitrogens is 4. The second kappa shape index (κ2) is 11.9. The first kappa shape index (κ1) is 31.8. The monoisotopic (exact) mass is 642 g/mol. The van der Waals surface area contributed by atoms with Gasteiger partial charge in [0.15, 0.2) is 11.5 Å². The zero-order valence-corrected chi connectivity index (χ0v) is 27.2. The maximum absolute atomic E-state index is 16.4. The Labute approximate surface area is 270 Å². The molecule has 0 spiro atoms. The highest BCUT2D eigenvalue weighted by Gasteiger charge is 2.35. The van der Waals surface area contributed by atoms with Crippen LogP contribution in [0.4, 0.5) is 26.0 Å². The number of likely N-dealkylation sites (N-methyl/N-ethyl adjacent to an activating group) is 2. The average molecular weight is 643 g/mol. The van der Waals surface area contributed by atoms with Crippen molar-refractivity contribution in [3.8, 4) is 16.9 Å². The van der Waals surface area contributed by atoms with Gasteiger partial charge < -0.3 is 19.6 Å². The number of carbonyl (C=O) groups is 2. The zero-order valence-electron chi connectivity index (χ0n) is 27.2. The fourth-order valence-electron chi connectivity index (χ4n) is 6.52. The van der Waals surface area contributed by atoms with E-state index in [1.807, 2.05) is 32.6 Å². The Morgan fingerprint density at radius 2 is 1.77 bits per heavy atom. The van der Waals surface area contributed by atoms with Crippen molar-refractivity contribution in [2.45, 2.75) is 45.7 Å². The molecular formula is C34H36F2N8O3. The molecule has 0 N–H and O–H groups in total. The summed E-state index contributed by atoms with van der Waals surface area (Å²) in [5.41, 5.74) is 0.230. The third-order valence-corrected chi connectivity index (χ3v) is 8.97. The first-order chi connectivity index (χ1) is 22.3. The van der Waals surface area contributed by atoms with Gasteiger partial charge in [0, 0.05) is 51.2 Å². The third kappa shape index (κ3) is 5.19. The molecule has 47 heavy (non-hydrogen) atoms. The van der Waals surface area contributed by atoms with Gasteiger partial charge in [-0.15, -0.1) is 0 Å². The van der Waals surface area contributed by atoms with E-state index < -0.39 is 17.3 Å². The molecule has 13 heteroatoms. The van der Waals surface area contributed by atoms with Crippen molar-refractivity contribution in [2.24, 2.45) is 0 Å². The lowest BCUT2D eigenvalue weighted by molar-refractivity contribution is -0.128. The second-order valence-electron chi connectivity index (χ2n) is 12.4. The highest BCUT2D eigenvalue weighted by atomic mass is 19.1. The van der Waals surface area contributed by atoms with Crippen molar-refractivity contribution in [1.29, 1.82) is 0 Å². The molecular weight excluding hydrogens is 606 g/mol. The van der Waals surface area contributed by atoms with Crippen molar-refractivity contribution in [1.82, 2.24) is 24.4 Å². The number of anilines is 3. The van der Waals surface area contributed by atoms with Crippen LogP contribution < -0.4 is 20.4 Å². The first-order valence-electron chi connectivity index (χ1n) is 15.4. The van der Waals surface area contributed by atoms with Gasteiger partial charge in [-0.2, -0.15) is 4.98 Å². The molecule has 11 nitrogen and oxygen atoms in total. The van der Waals surface area contributed by atoms with Crippen LogP contribution in [-0.4, -0.2) is 82.0 Å². The molecule has 6 rings (SSSR count). The molecule has 1 fully saturated rings. The van der Waals surface area contributed by atoms with E-state index in [0.717, 1.165) is 0 Å². The van der Waals surface area contributed by atoms with Gasteiger partial charge in [0.05, 0.1) is 34.6 Å². The van der Waals surface area contributed by atoms with Gasteiger partial charge in [-0.3, -0.25) is 14.6 Å². The van der Waals surface area contributed by atoms with Crippen molar-refractivity contribution in [2.75, 3.05) is 48.4 Å². The van der Waals surface area contributed by atoms with E-state index in [4.69, 9.17) is 4.98 Å². The van der Waals surface area contributed by atoms with Gasteiger partial charge in [0.1, 0.15) is 17.3 Å². The summed E-state index contributed by atoms with van der Waals surface area (Å²) in [7, 11) is 3.22. The van der Waals surface area contributed by atoms with Gasteiger partial charge in [0.2, 0.25) is 11.8 Å². The third-order valence-electron chi connectivity index (χ3n) is 8.97.